The van der Waals surface area contributed by atoms with Crippen LogP contribution >= 0.6 is 0 Å². The summed E-state index contributed by atoms with van der Waals surface area (Å²) in [7, 11) is 4.04. The van der Waals surface area contributed by atoms with Gasteiger partial charge in [0.2, 0.25) is 5.95 Å². The smallest absolute Gasteiger partial charge is 0.278 e. The Morgan fingerprint density at radius 3 is 2.58 bits per heavy atom. The van der Waals surface area contributed by atoms with E-state index in [1.807, 2.05) is 7.05 Å². The fourth-order valence-electron chi connectivity index (χ4n) is 5.13. The van der Waals surface area contributed by atoms with Gasteiger partial charge in [-0.05, 0) is 45.2 Å². The number of H-pyrrole nitrogens is 1. The molecule has 1 saturated carbocycles. The van der Waals surface area contributed by atoms with E-state index in [1.165, 1.54) is 25.7 Å². The number of piperazine rings is 1. The number of nitrogens with zero attached hydrogens (tertiary/aromatic N) is 6. The molecule has 0 atom stereocenters. The van der Waals surface area contributed by atoms with Gasteiger partial charge >= 0.3 is 0 Å². The summed E-state index contributed by atoms with van der Waals surface area (Å²) in [5.74, 6) is 1.43. The van der Waals surface area contributed by atoms with Crippen LogP contribution in [0.15, 0.2) is 4.79 Å². The molecule has 4 rings (SSSR count). The quantitative estimate of drug-likeness (QED) is 0.659. The number of aromatic amines is 1. The van der Waals surface area contributed by atoms with Gasteiger partial charge in [-0.25, -0.2) is 4.98 Å². The fourth-order valence-corrected chi connectivity index (χ4v) is 5.13. The van der Waals surface area contributed by atoms with Crippen molar-refractivity contribution < 1.29 is 0 Å². The molecule has 2 aromatic heterocycles. The fraction of sp³-hybridized carbons (Fsp3) is 0.783. The highest BCUT2D eigenvalue weighted by Gasteiger charge is 2.23. The molecule has 3 heterocycles. The number of hydrogen-bond acceptors (Lipinski definition) is 6. The summed E-state index contributed by atoms with van der Waals surface area (Å²) in [5, 5.41) is 4.58. The van der Waals surface area contributed by atoms with Crippen molar-refractivity contribution in [3.63, 3.8) is 0 Å². The normalized spacial score (nSPS) is 18.9. The zero-order chi connectivity index (χ0) is 21.8. The van der Waals surface area contributed by atoms with E-state index < -0.39 is 0 Å². The van der Waals surface area contributed by atoms with Crippen LogP contribution in [0.4, 0.5) is 5.95 Å². The molecule has 2 fully saturated rings. The second kappa shape index (κ2) is 10.1. The monoisotopic (exact) mass is 429 g/mol. The van der Waals surface area contributed by atoms with Gasteiger partial charge < -0.3 is 14.7 Å². The molecular weight excluding hydrogens is 390 g/mol. The average molecular weight is 430 g/mol. The minimum Gasteiger partial charge on any atom is -0.342 e. The molecule has 0 radical (unpaired) electrons. The van der Waals surface area contributed by atoms with Crippen LogP contribution in [0.2, 0.25) is 0 Å². The molecule has 2 aromatic rings. The first-order valence-electron chi connectivity index (χ1n) is 12.2. The molecule has 1 N–H and O–H groups in total. The van der Waals surface area contributed by atoms with Gasteiger partial charge in [0, 0.05) is 46.3 Å². The second-order valence-electron chi connectivity index (χ2n) is 9.50. The first kappa shape index (κ1) is 22.3. The number of nitrogens with one attached hydrogen (secondary N) is 1. The van der Waals surface area contributed by atoms with E-state index in [-0.39, 0.29) is 5.56 Å². The van der Waals surface area contributed by atoms with Crippen LogP contribution in [0.5, 0.6) is 0 Å². The molecule has 1 aliphatic carbocycles. The summed E-state index contributed by atoms with van der Waals surface area (Å²) in [5.41, 5.74) is 2.22. The molecule has 8 heteroatoms. The molecule has 0 spiro atoms. The maximum atomic E-state index is 12.9. The lowest BCUT2D eigenvalue weighted by Gasteiger charge is -2.33. The molecule has 0 amide bonds. The summed E-state index contributed by atoms with van der Waals surface area (Å²) in [6, 6.07) is 0. The minimum absolute atomic E-state index is 0.0761. The van der Waals surface area contributed by atoms with E-state index >= 15 is 0 Å². The van der Waals surface area contributed by atoms with Gasteiger partial charge in [0.05, 0.1) is 5.69 Å². The van der Waals surface area contributed by atoms with Crippen molar-refractivity contribution in [2.24, 2.45) is 13.0 Å². The SMILES string of the molecule is CCCc1nn(C)c2c(=O)[nH]c(N(CCCN3CCN(C)CC3)CC3CCCC3)nc12. The number of fused-ring (bicyclic) bond motifs is 1. The first-order chi connectivity index (χ1) is 15.0. The predicted octanol–water partition coefficient (Wildman–Crippen LogP) is 2.24. The molecular formula is C23H39N7O. The highest BCUT2D eigenvalue weighted by Crippen LogP contribution is 2.27. The third-order valence-electron chi connectivity index (χ3n) is 6.99. The van der Waals surface area contributed by atoms with Crippen LogP contribution in [0.3, 0.4) is 0 Å². The van der Waals surface area contributed by atoms with E-state index in [9.17, 15) is 4.79 Å². The molecule has 0 aromatic carbocycles. The lowest BCUT2D eigenvalue weighted by molar-refractivity contribution is 0.153. The zero-order valence-electron chi connectivity index (χ0n) is 19.6. The van der Waals surface area contributed by atoms with Crippen LogP contribution in [0, 0.1) is 5.92 Å². The summed E-state index contributed by atoms with van der Waals surface area (Å²) >= 11 is 0. The van der Waals surface area contributed by atoms with Crippen LogP contribution in [-0.4, -0.2) is 82.4 Å². The van der Waals surface area contributed by atoms with Crippen LogP contribution in [0.25, 0.3) is 11.0 Å². The van der Waals surface area contributed by atoms with Crippen molar-refractivity contribution in [2.75, 3.05) is 57.8 Å². The molecule has 0 unspecified atom stereocenters. The van der Waals surface area contributed by atoms with Crippen LogP contribution < -0.4 is 10.5 Å². The molecule has 8 nitrogen and oxygen atoms in total. The number of rotatable bonds is 9. The van der Waals surface area contributed by atoms with Crippen molar-refractivity contribution in [3.05, 3.63) is 16.0 Å². The maximum Gasteiger partial charge on any atom is 0.278 e. The van der Waals surface area contributed by atoms with E-state index in [0.717, 1.165) is 82.2 Å². The van der Waals surface area contributed by atoms with Gasteiger partial charge in [-0.1, -0.05) is 26.2 Å². The van der Waals surface area contributed by atoms with Crippen molar-refractivity contribution in [1.29, 1.82) is 0 Å². The number of aromatic nitrogens is 4. The summed E-state index contributed by atoms with van der Waals surface area (Å²) in [6.07, 6.45) is 8.15. The number of hydrogen-bond donors (Lipinski definition) is 1. The van der Waals surface area contributed by atoms with Crippen LogP contribution in [-0.2, 0) is 13.5 Å². The Bertz CT molecular complexity index is 907. The standard InChI is InChI=1S/C23H39N7O/c1-4-8-19-20-21(28(3)26-19)22(31)25-23(24-20)30(17-18-9-5-6-10-18)12-7-11-29-15-13-27(2)14-16-29/h18H,4-17H2,1-3H3,(H,24,25,31). The molecule has 2 aliphatic rings. The van der Waals surface area contributed by atoms with Crippen molar-refractivity contribution in [1.82, 2.24) is 29.5 Å². The second-order valence-corrected chi connectivity index (χ2v) is 9.50. The van der Waals surface area contributed by atoms with Gasteiger partial charge in [-0.3, -0.25) is 14.5 Å². The third-order valence-corrected chi connectivity index (χ3v) is 6.99. The van der Waals surface area contributed by atoms with Gasteiger partial charge in [0.15, 0.2) is 5.52 Å². The molecule has 1 aliphatic heterocycles. The Morgan fingerprint density at radius 2 is 1.87 bits per heavy atom. The molecule has 31 heavy (non-hydrogen) atoms. The predicted molar refractivity (Wildman–Crippen MR) is 126 cm³/mol. The summed E-state index contributed by atoms with van der Waals surface area (Å²) in [4.78, 5) is 28.3. The van der Waals surface area contributed by atoms with Gasteiger partial charge in [0.25, 0.3) is 5.56 Å². The molecule has 0 bridgehead atoms. The molecule has 1 saturated heterocycles. The summed E-state index contributed by atoms with van der Waals surface area (Å²) in [6.45, 7) is 9.76. The highest BCUT2D eigenvalue weighted by atomic mass is 16.1. The largest absolute Gasteiger partial charge is 0.342 e. The summed E-state index contributed by atoms with van der Waals surface area (Å²) < 4.78 is 1.69. The lowest BCUT2D eigenvalue weighted by Crippen LogP contribution is -2.45. The van der Waals surface area contributed by atoms with Gasteiger partial charge in [-0.15, -0.1) is 0 Å². The van der Waals surface area contributed by atoms with E-state index in [4.69, 9.17) is 4.98 Å². The number of likely N-dealkylation sites (N-methyl/N-ethyl adjacent to an activating group) is 1. The Morgan fingerprint density at radius 1 is 1.13 bits per heavy atom. The zero-order valence-corrected chi connectivity index (χ0v) is 19.6. The highest BCUT2D eigenvalue weighted by molar-refractivity contribution is 5.77. The first-order valence-corrected chi connectivity index (χ1v) is 12.2. The maximum absolute atomic E-state index is 12.9. The average Bonchev–Trinajstić information content (AvgIpc) is 3.37. The van der Waals surface area contributed by atoms with Crippen LogP contribution in [0.1, 0.15) is 51.1 Å². The third kappa shape index (κ3) is 5.29. The Balaban J connectivity index is 1.53. The lowest BCUT2D eigenvalue weighted by atomic mass is 10.1. The Labute approximate surface area is 185 Å². The minimum atomic E-state index is -0.0761. The molecule has 172 valence electrons. The number of aryl methyl sites for hydroxylation is 2. The Kier molecular flexibility index (Phi) is 7.27. The Hall–Kier alpha value is -1.93. The van der Waals surface area contributed by atoms with Gasteiger partial charge in [0.1, 0.15) is 5.52 Å². The van der Waals surface area contributed by atoms with E-state index in [2.05, 4.69) is 38.8 Å². The van der Waals surface area contributed by atoms with Crippen molar-refractivity contribution in [3.8, 4) is 0 Å². The number of anilines is 1. The van der Waals surface area contributed by atoms with Crippen molar-refractivity contribution >= 4 is 17.0 Å². The van der Waals surface area contributed by atoms with Crippen molar-refractivity contribution in [2.45, 2.75) is 51.9 Å². The topological polar surface area (TPSA) is 73.3 Å². The van der Waals surface area contributed by atoms with E-state index in [0.29, 0.717) is 11.4 Å². The van der Waals surface area contributed by atoms with Gasteiger partial charge in [-0.2, -0.15) is 5.10 Å². The van der Waals surface area contributed by atoms with E-state index in [1.54, 1.807) is 4.68 Å².